The van der Waals surface area contributed by atoms with Crippen molar-refractivity contribution in [2.24, 2.45) is 7.05 Å². The molecule has 0 aliphatic rings. The number of nitrogens with zero attached hydrogens (tertiary/aromatic N) is 1. The van der Waals surface area contributed by atoms with Crippen molar-refractivity contribution in [2.45, 2.75) is 24.8 Å². The summed E-state index contributed by atoms with van der Waals surface area (Å²) in [5, 5.41) is 11.5. The molecule has 144 valence electrons. The Hall–Kier alpha value is -2.35. The van der Waals surface area contributed by atoms with Crippen LogP contribution in [-0.2, 0) is 17.1 Å². The molecule has 0 saturated carbocycles. The highest BCUT2D eigenvalue weighted by molar-refractivity contribution is 7.89. The van der Waals surface area contributed by atoms with Gasteiger partial charge in [0.05, 0.1) is 13.2 Å². The van der Waals surface area contributed by atoms with Crippen molar-refractivity contribution in [2.75, 3.05) is 13.7 Å². The molecule has 0 fully saturated rings. The summed E-state index contributed by atoms with van der Waals surface area (Å²) in [7, 11) is -0.504. The Bertz CT molecular complexity index is 1090. The molecule has 0 aliphatic heterocycles. The molecule has 2 N–H and O–H groups in total. The Balaban J connectivity index is 1.86. The fraction of sp³-hybridized carbons (Fsp3) is 0.300. The Kier molecular flexibility index (Phi) is 5.28. The minimum absolute atomic E-state index is 0.0678. The Morgan fingerprint density at radius 3 is 2.56 bits per heavy atom. The lowest BCUT2D eigenvalue weighted by molar-refractivity contribution is 0.183. The van der Waals surface area contributed by atoms with Gasteiger partial charge in [-0.2, -0.15) is 0 Å². The van der Waals surface area contributed by atoms with Crippen molar-refractivity contribution in [3.63, 3.8) is 0 Å². The van der Waals surface area contributed by atoms with Gasteiger partial charge >= 0.3 is 0 Å². The van der Waals surface area contributed by atoms with Crippen molar-refractivity contribution in [3.05, 3.63) is 59.3 Å². The zero-order valence-electron chi connectivity index (χ0n) is 15.9. The second kappa shape index (κ2) is 7.34. The number of nitrogens with one attached hydrogen (secondary N) is 1. The van der Waals surface area contributed by atoms with Crippen LogP contribution in [0, 0.1) is 13.8 Å². The number of methoxy groups -OCH3 is 1. The molecule has 0 amide bonds. The fourth-order valence-corrected chi connectivity index (χ4v) is 4.42. The Morgan fingerprint density at radius 1 is 1.19 bits per heavy atom. The smallest absolute Gasteiger partial charge is 0.244 e. The van der Waals surface area contributed by atoms with E-state index >= 15 is 0 Å². The number of para-hydroxylation sites is 1. The summed E-state index contributed by atoms with van der Waals surface area (Å²) < 4.78 is 35.2. The molecule has 7 heteroatoms. The van der Waals surface area contributed by atoms with Crippen LogP contribution < -0.4 is 9.46 Å². The van der Waals surface area contributed by atoms with Gasteiger partial charge in [-0.25, -0.2) is 13.1 Å². The first kappa shape index (κ1) is 19.4. The van der Waals surface area contributed by atoms with Crippen LogP contribution in [0.25, 0.3) is 10.9 Å². The van der Waals surface area contributed by atoms with Crippen LogP contribution in [-0.4, -0.2) is 31.7 Å². The van der Waals surface area contributed by atoms with Crippen molar-refractivity contribution in [3.8, 4) is 5.75 Å². The van der Waals surface area contributed by atoms with E-state index in [0.717, 1.165) is 22.0 Å². The third-order valence-corrected chi connectivity index (χ3v) is 6.27. The molecule has 0 spiro atoms. The molecule has 0 unspecified atom stereocenters. The van der Waals surface area contributed by atoms with Gasteiger partial charge in [0.25, 0.3) is 0 Å². The molecular formula is C20H24N2O4S. The van der Waals surface area contributed by atoms with Gasteiger partial charge in [-0.3, -0.25) is 0 Å². The summed E-state index contributed by atoms with van der Waals surface area (Å²) >= 11 is 0. The average Bonchev–Trinajstić information content (AvgIpc) is 2.99. The van der Waals surface area contributed by atoms with Crippen molar-refractivity contribution < 1.29 is 18.3 Å². The van der Waals surface area contributed by atoms with E-state index in [1.807, 2.05) is 55.9 Å². The molecule has 3 aromatic rings. The molecule has 1 atom stereocenters. The molecule has 1 aromatic heterocycles. The number of benzene rings is 2. The second-order valence-electron chi connectivity index (χ2n) is 6.67. The third-order valence-electron chi connectivity index (χ3n) is 4.82. The highest BCUT2D eigenvalue weighted by Gasteiger charge is 2.23. The first-order valence-electron chi connectivity index (χ1n) is 8.61. The molecule has 6 nitrogen and oxygen atoms in total. The topological polar surface area (TPSA) is 80.6 Å². The number of fused-ring (bicyclic) bond motifs is 1. The number of aryl methyl sites for hydroxylation is 3. The van der Waals surface area contributed by atoms with Gasteiger partial charge in [-0.15, -0.1) is 0 Å². The Labute approximate surface area is 159 Å². The Morgan fingerprint density at radius 2 is 1.85 bits per heavy atom. The fourth-order valence-electron chi connectivity index (χ4n) is 3.15. The molecule has 2 aromatic carbocycles. The van der Waals surface area contributed by atoms with Crippen LogP contribution >= 0.6 is 0 Å². The number of aliphatic hydroxyl groups excluding tert-OH is 1. The number of aromatic nitrogens is 1. The summed E-state index contributed by atoms with van der Waals surface area (Å²) in [6.07, 6.45) is 0.851. The van der Waals surface area contributed by atoms with Gasteiger partial charge in [0.1, 0.15) is 10.6 Å². The maximum absolute atomic E-state index is 12.8. The van der Waals surface area contributed by atoms with Gasteiger partial charge in [0.15, 0.2) is 0 Å². The van der Waals surface area contributed by atoms with E-state index in [1.165, 1.54) is 7.11 Å². The van der Waals surface area contributed by atoms with Gasteiger partial charge in [0.2, 0.25) is 10.0 Å². The minimum Gasteiger partial charge on any atom is -0.495 e. The van der Waals surface area contributed by atoms with E-state index < -0.39 is 16.1 Å². The van der Waals surface area contributed by atoms with Crippen molar-refractivity contribution in [1.82, 2.24) is 9.29 Å². The first-order valence-corrected chi connectivity index (χ1v) is 10.1. The normalized spacial score (nSPS) is 13.1. The SMILES string of the molecule is COc1cc(C)c(C)cc1S(=O)(=O)NC[C@H](O)c1cn(C)c2ccccc12. The maximum Gasteiger partial charge on any atom is 0.244 e. The predicted octanol–water partition coefficient (Wildman–Crippen LogP) is 2.82. The maximum atomic E-state index is 12.8. The molecule has 27 heavy (non-hydrogen) atoms. The van der Waals surface area contributed by atoms with Gasteiger partial charge in [-0.1, -0.05) is 18.2 Å². The van der Waals surface area contributed by atoms with E-state index in [4.69, 9.17) is 4.74 Å². The van der Waals surface area contributed by atoms with E-state index in [0.29, 0.717) is 5.56 Å². The molecule has 0 aliphatic carbocycles. The van der Waals surface area contributed by atoms with Crippen LogP contribution in [0.4, 0.5) is 0 Å². The zero-order valence-corrected chi connectivity index (χ0v) is 16.7. The largest absolute Gasteiger partial charge is 0.495 e. The third kappa shape index (κ3) is 3.71. The highest BCUT2D eigenvalue weighted by atomic mass is 32.2. The monoisotopic (exact) mass is 388 g/mol. The van der Waals surface area contributed by atoms with Crippen LogP contribution in [0.2, 0.25) is 0 Å². The van der Waals surface area contributed by atoms with Gasteiger partial charge < -0.3 is 14.4 Å². The van der Waals surface area contributed by atoms with E-state index in [1.54, 1.807) is 12.1 Å². The second-order valence-corrected chi connectivity index (χ2v) is 8.40. The standard InChI is InChI=1S/C20H24N2O4S/c1-13-9-19(26-4)20(10-14(13)2)27(24,25)21-11-18(23)16-12-22(3)17-8-6-5-7-15(16)17/h5-10,12,18,21,23H,11H2,1-4H3/t18-/m0/s1. The molecular weight excluding hydrogens is 364 g/mol. The number of sulfonamides is 1. The van der Waals surface area contributed by atoms with E-state index in [-0.39, 0.29) is 17.2 Å². The number of hydrogen-bond acceptors (Lipinski definition) is 4. The summed E-state index contributed by atoms with van der Waals surface area (Å²) in [5.74, 6) is 0.283. The van der Waals surface area contributed by atoms with Crippen molar-refractivity contribution in [1.29, 1.82) is 0 Å². The number of hydrogen-bond donors (Lipinski definition) is 2. The lowest BCUT2D eigenvalue weighted by Gasteiger charge is -2.15. The van der Waals surface area contributed by atoms with Crippen LogP contribution in [0.3, 0.4) is 0 Å². The van der Waals surface area contributed by atoms with Gasteiger partial charge in [-0.05, 0) is 43.2 Å². The van der Waals surface area contributed by atoms with Crippen molar-refractivity contribution >= 4 is 20.9 Å². The summed E-state index contributed by atoms with van der Waals surface area (Å²) in [4.78, 5) is 0.0678. The van der Waals surface area contributed by atoms with Gasteiger partial charge in [0, 0.05) is 36.3 Å². The summed E-state index contributed by atoms with van der Waals surface area (Å²) in [6.45, 7) is 3.61. The minimum atomic E-state index is -3.83. The van der Waals surface area contributed by atoms with Crippen LogP contribution in [0.1, 0.15) is 22.8 Å². The number of ether oxygens (including phenoxy) is 1. The van der Waals surface area contributed by atoms with Crippen LogP contribution in [0.15, 0.2) is 47.5 Å². The number of rotatable bonds is 6. The first-order chi connectivity index (χ1) is 12.7. The van der Waals surface area contributed by atoms with E-state index in [9.17, 15) is 13.5 Å². The molecule has 0 saturated heterocycles. The molecule has 0 radical (unpaired) electrons. The summed E-state index contributed by atoms with van der Waals surface area (Å²) in [6, 6.07) is 11.0. The predicted molar refractivity (Wildman–Crippen MR) is 106 cm³/mol. The molecule has 3 rings (SSSR count). The lowest BCUT2D eigenvalue weighted by Crippen LogP contribution is -2.29. The van der Waals surface area contributed by atoms with Crippen LogP contribution in [0.5, 0.6) is 5.75 Å². The molecule has 0 bridgehead atoms. The van der Waals surface area contributed by atoms with E-state index in [2.05, 4.69) is 4.72 Å². The zero-order chi connectivity index (χ0) is 19.8. The quantitative estimate of drug-likeness (QED) is 0.680. The lowest BCUT2D eigenvalue weighted by atomic mass is 10.1. The average molecular weight is 388 g/mol. The highest BCUT2D eigenvalue weighted by Crippen LogP contribution is 2.29. The molecule has 1 heterocycles. The summed E-state index contributed by atoms with van der Waals surface area (Å²) in [5.41, 5.74) is 3.46. The number of aliphatic hydroxyl groups is 1.